The SMILES string of the molecule is C=C(Oc1ccccc1/N=N/c1ccc(NC(=O)[C@H](C)N)nc1N)C(C)C. The van der Waals surface area contributed by atoms with Crippen molar-refractivity contribution < 1.29 is 9.53 Å². The van der Waals surface area contributed by atoms with Gasteiger partial charge in [-0.1, -0.05) is 32.6 Å². The molecule has 142 valence electrons. The van der Waals surface area contributed by atoms with Gasteiger partial charge in [0.2, 0.25) is 5.91 Å². The number of aromatic nitrogens is 1. The molecule has 0 aliphatic rings. The molecular weight excluding hydrogens is 344 g/mol. The second kappa shape index (κ2) is 8.91. The second-order valence-electron chi connectivity index (χ2n) is 6.27. The van der Waals surface area contributed by atoms with E-state index < -0.39 is 6.04 Å². The zero-order valence-corrected chi connectivity index (χ0v) is 15.6. The molecule has 0 unspecified atom stereocenters. The van der Waals surface area contributed by atoms with Gasteiger partial charge in [-0.3, -0.25) is 4.79 Å². The highest BCUT2D eigenvalue weighted by Gasteiger charge is 2.10. The van der Waals surface area contributed by atoms with Crippen LogP contribution in [-0.4, -0.2) is 16.9 Å². The number of rotatable bonds is 7. The van der Waals surface area contributed by atoms with Crippen molar-refractivity contribution >= 4 is 28.9 Å². The van der Waals surface area contributed by atoms with E-state index in [0.717, 1.165) is 0 Å². The zero-order valence-electron chi connectivity index (χ0n) is 15.6. The Kier molecular flexibility index (Phi) is 6.62. The summed E-state index contributed by atoms with van der Waals surface area (Å²) in [4.78, 5) is 15.7. The van der Waals surface area contributed by atoms with Crippen molar-refractivity contribution in [2.75, 3.05) is 11.1 Å². The molecule has 5 N–H and O–H groups in total. The van der Waals surface area contributed by atoms with Crippen LogP contribution >= 0.6 is 0 Å². The van der Waals surface area contributed by atoms with Gasteiger partial charge in [-0.15, -0.1) is 10.2 Å². The molecule has 2 rings (SSSR count). The average molecular weight is 368 g/mol. The number of ether oxygens (including phenoxy) is 1. The van der Waals surface area contributed by atoms with Crippen LogP contribution in [0.4, 0.5) is 23.0 Å². The van der Waals surface area contributed by atoms with Crippen LogP contribution < -0.4 is 21.5 Å². The molecule has 1 heterocycles. The average Bonchev–Trinajstić information content (AvgIpc) is 2.61. The van der Waals surface area contributed by atoms with Crippen LogP contribution in [0.5, 0.6) is 5.75 Å². The van der Waals surface area contributed by atoms with Crippen LogP contribution in [0.25, 0.3) is 0 Å². The molecule has 0 spiro atoms. The summed E-state index contributed by atoms with van der Waals surface area (Å²) in [7, 11) is 0. The van der Waals surface area contributed by atoms with E-state index in [1.807, 2.05) is 26.0 Å². The normalized spacial score (nSPS) is 12.2. The number of nitrogen functional groups attached to an aromatic ring is 1. The first-order valence-electron chi connectivity index (χ1n) is 8.48. The molecule has 0 aliphatic heterocycles. The minimum Gasteiger partial charge on any atom is -0.460 e. The van der Waals surface area contributed by atoms with E-state index in [2.05, 4.69) is 27.1 Å². The fraction of sp³-hybridized carbons (Fsp3) is 0.263. The summed E-state index contributed by atoms with van der Waals surface area (Å²) in [6.07, 6.45) is 0. The van der Waals surface area contributed by atoms with Crippen molar-refractivity contribution in [1.82, 2.24) is 4.98 Å². The number of benzene rings is 1. The molecule has 1 amide bonds. The van der Waals surface area contributed by atoms with Crippen molar-refractivity contribution in [1.29, 1.82) is 0 Å². The second-order valence-corrected chi connectivity index (χ2v) is 6.27. The van der Waals surface area contributed by atoms with E-state index in [4.69, 9.17) is 16.2 Å². The van der Waals surface area contributed by atoms with Crippen LogP contribution in [0.15, 0.2) is 59.0 Å². The summed E-state index contributed by atoms with van der Waals surface area (Å²) < 4.78 is 5.76. The third kappa shape index (κ3) is 5.61. The molecule has 1 aromatic heterocycles. The van der Waals surface area contributed by atoms with E-state index in [1.54, 1.807) is 31.2 Å². The number of allylic oxidation sites excluding steroid dienone is 1. The molecule has 1 aromatic carbocycles. The van der Waals surface area contributed by atoms with Crippen LogP contribution in [0.2, 0.25) is 0 Å². The molecule has 2 aromatic rings. The van der Waals surface area contributed by atoms with Gasteiger partial charge >= 0.3 is 0 Å². The van der Waals surface area contributed by atoms with Crippen molar-refractivity contribution in [3.05, 3.63) is 48.7 Å². The Labute approximate surface area is 158 Å². The van der Waals surface area contributed by atoms with Crippen LogP contribution in [0, 0.1) is 5.92 Å². The number of carbonyl (C=O) groups is 1. The van der Waals surface area contributed by atoms with Gasteiger partial charge in [-0.05, 0) is 31.2 Å². The summed E-state index contributed by atoms with van der Waals surface area (Å²) >= 11 is 0. The Balaban J connectivity index is 2.19. The van der Waals surface area contributed by atoms with Crippen LogP contribution in [0.1, 0.15) is 20.8 Å². The maximum atomic E-state index is 11.6. The third-order valence-electron chi connectivity index (χ3n) is 3.58. The molecule has 8 heteroatoms. The number of amides is 1. The highest BCUT2D eigenvalue weighted by atomic mass is 16.5. The van der Waals surface area contributed by atoms with E-state index in [9.17, 15) is 4.79 Å². The summed E-state index contributed by atoms with van der Waals surface area (Å²) in [6, 6.07) is 9.77. The quantitative estimate of drug-likeness (QED) is 0.504. The van der Waals surface area contributed by atoms with Crippen molar-refractivity contribution in [2.24, 2.45) is 21.9 Å². The predicted octanol–water partition coefficient (Wildman–Crippen LogP) is 3.91. The number of carbonyl (C=O) groups excluding carboxylic acids is 1. The number of hydrogen-bond acceptors (Lipinski definition) is 7. The highest BCUT2D eigenvalue weighted by Crippen LogP contribution is 2.32. The number of anilines is 2. The van der Waals surface area contributed by atoms with E-state index in [1.165, 1.54) is 0 Å². The van der Waals surface area contributed by atoms with E-state index in [-0.39, 0.29) is 17.6 Å². The predicted molar refractivity (Wildman–Crippen MR) is 106 cm³/mol. The zero-order chi connectivity index (χ0) is 20.0. The van der Waals surface area contributed by atoms with Gasteiger partial charge in [-0.25, -0.2) is 4.98 Å². The maximum absolute atomic E-state index is 11.6. The Morgan fingerprint density at radius 2 is 1.81 bits per heavy atom. The van der Waals surface area contributed by atoms with Gasteiger partial charge in [-0.2, -0.15) is 0 Å². The summed E-state index contributed by atoms with van der Waals surface area (Å²) in [6.45, 7) is 9.46. The Morgan fingerprint density at radius 1 is 1.15 bits per heavy atom. The van der Waals surface area contributed by atoms with Gasteiger partial charge in [0.25, 0.3) is 0 Å². The lowest BCUT2D eigenvalue weighted by atomic mass is 10.2. The van der Waals surface area contributed by atoms with Crippen molar-refractivity contribution in [2.45, 2.75) is 26.8 Å². The van der Waals surface area contributed by atoms with Crippen LogP contribution in [-0.2, 0) is 4.79 Å². The first kappa shape index (κ1) is 20.1. The number of para-hydroxylation sites is 1. The number of pyridine rings is 1. The summed E-state index contributed by atoms with van der Waals surface area (Å²) in [5, 5.41) is 10.9. The van der Waals surface area contributed by atoms with Gasteiger partial charge in [0, 0.05) is 5.92 Å². The molecule has 0 aliphatic carbocycles. The molecule has 0 radical (unpaired) electrons. The third-order valence-corrected chi connectivity index (χ3v) is 3.58. The van der Waals surface area contributed by atoms with Gasteiger partial charge in [0.1, 0.15) is 17.2 Å². The number of hydrogen-bond donors (Lipinski definition) is 3. The molecule has 0 fully saturated rings. The van der Waals surface area contributed by atoms with Crippen molar-refractivity contribution in [3.8, 4) is 5.75 Å². The molecule has 8 nitrogen and oxygen atoms in total. The topological polar surface area (TPSA) is 128 Å². The first-order chi connectivity index (χ1) is 12.8. The molecule has 0 bridgehead atoms. The fourth-order valence-corrected chi connectivity index (χ4v) is 1.85. The summed E-state index contributed by atoms with van der Waals surface area (Å²) in [5.41, 5.74) is 12.3. The van der Waals surface area contributed by atoms with Crippen LogP contribution in [0.3, 0.4) is 0 Å². The number of nitrogens with one attached hydrogen (secondary N) is 1. The lowest BCUT2D eigenvalue weighted by Crippen LogP contribution is -2.32. The summed E-state index contributed by atoms with van der Waals surface area (Å²) in [5.74, 6) is 1.43. The fourth-order valence-electron chi connectivity index (χ4n) is 1.85. The lowest BCUT2D eigenvalue weighted by molar-refractivity contribution is -0.117. The smallest absolute Gasteiger partial charge is 0.242 e. The molecular formula is C19H24N6O2. The minimum absolute atomic E-state index is 0.131. The Morgan fingerprint density at radius 3 is 2.44 bits per heavy atom. The highest BCUT2D eigenvalue weighted by molar-refractivity contribution is 5.93. The monoisotopic (exact) mass is 368 g/mol. The number of nitrogens with zero attached hydrogens (tertiary/aromatic N) is 3. The van der Waals surface area contributed by atoms with Gasteiger partial charge < -0.3 is 21.5 Å². The largest absolute Gasteiger partial charge is 0.460 e. The first-order valence-corrected chi connectivity index (χ1v) is 8.48. The van der Waals surface area contributed by atoms with Gasteiger partial charge in [0.15, 0.2) is 11.6 Å². The molecule has 1 atom stereocenters. The van der Waals surface area contributed by atoms with E-state index in [0.29, 0.717) is 28.7 Å². The molecule has 0 saturated carbocycles. The van der Waals surface area contributed by atoms with E-state index >= 15 is 0 Å². The number of nitrogens with two attached hydrogens (primary N) is 2. The lowest BCUT2D eigenvalue weighted by Gasteiger charge is -2.12. The molecule has 0 saturated heterocycles. The molecule has 27 heavy (non-hydrogen) atoms. The number of azo groups is 1. The maximum Gasteiger partial charge on any atom is 0.242 e. The van der Waals surface area contributed by atoms with Crippen molar-refractivity contribution in [3.63, 3.8) is 0 Å². The standard InChI is InChI=1S/C19H24N6O2/c1-11(2)13(4)27-16-8-6-5-7-14(16)24-25-15-9-10-17(22-18(15)21)23-19(26)12(3)20/h5-12H,4,20H2,1-3H3,(H3,21,22,23,26)/b25-24+/t12-/m0/s1. The minimum atomic E-state index is -0.649. The Bertz CT molecular complexity index is 861. The Hall–Kier alpha value is -3.26. The van der Waals surface area contributed by atoms with Gasteiger partial charge in [0.05, 0.1) is 11.8 Å².